The van der Waals surface area contributed by atoms with Gasteiger partial charge in [0.25, 0.3) is 0 Å². The van der Waals surface area contributed by atoms with Crippen molar-refractivity contribution < 1.29 is 9.53 Å². The molecule has 0 heterocycles. The highest BCUT2D eigenvalue weighted by Crippen LogP contribution is 2.56. The number of carbonyl (C=O) groups is 1. The van der Waals surface area contributed by atoms with E-state index in [0.29, 0.717) is 12.3 Å². The molecule has 0 saturated heterocycles. The number of allylic oxidation sites excluding steroid dienone is 2. The molecule has 0 unspecified atom stereocenters. The summed E-state index contributed by atoms with van der Waals surface area (Å²) in [6, 6.07) is 0. The molecule has 1 aliphatic carbocycles. The van der Waals surface area contributed by atoms with E-state index in [9.17, 15) is 4.79 Å². The quantitative estimate of drug-likeness (QED) is 0.0967. The van der Waals surface area contributed by atoms with Crippen molar-refractivity contribution in [2.45, 2.75) is 162 Å². The lowest BCUT2D eigenvalue weighted by Gasteiger charge is -2.52. The summed E-state index contributed by atoms with van der Waals surface area (Å²) < 4.78 is 6.04. The fourth-order valence-corrected chi connectivity index (χ4v) is 5.92. The Labute approximate surface area is 219 Å². The lowest BCUT2D eigenvalue weighted by atomic mass is 9.53. The molecule has 1 aliphatic rings. The largest absolute Gasteiger partial charge is 0.459 e. The number of hydrogen-bond donors (Lipinski definition) is 0. The Morgan fingerprint density at radius 2 is 1.23 bits per heavy atom. The van der Waals surface area contributed by atoms with Crippen LogP contribution < -0.4 is 0 Å². The first-order chi connectivity index (χ1) is 16.6. The molecule has 0 radical (unpaired) electrons. The minimum Gasteiger partial charge on any atom is -0.459 e. The summed E-state index contributed by atoms with van der Waals surface area (Å²) in [5.41, 5.74) is -0.395. The molecule has 0 N–H and O–H groups in total. The molecular weight excluding hydrogens is 428 g/mol. The molecule has 0 aromatic carbocycles. The van der Waals surface area contributed by atoms with Crippen molar-refractivity contribution in [2.24, 2.45) is 16.7 Å². The molecule has 1 saturated carbocycles. The predicted molar refractivity (Wildman–Crippen MR) is 154 cm³/mol. The lowest BCUT2D eigenvalue weighted by molar-refractivity contribution is -0.166. The molecule has 1 rings (SSSR count). The van der Waals surface area contributed by atoms with Gasteiger partial charge in [-0.2, -0.15) is 0 Å². The van der Waals surface area contributed by atoms with Crippen LogP contribution in [0.4, 0.5) is 0 Å². The van der Waals surface area contributed by atoms with Crippen LogP contribution in [0, 0.1) is 16.7 Å². The monoisotopic (exact) mass is 488 g/mol. The van der Waals surface area contributed by atoms with Crippen LogP contribution in [-0.4, -0.2) is 11.6 Å². The highest BCUT2D eigenvalue weighted by Gasteiger charge is 2.49. The van der Waals surface area contributed by atoms with E-state index >= 15 is 0 Å². The molecule has 35 heavy (non-hydrogen) atoms. The third-order valence-electron chi connectivity index (χ3n) is 9.23. The van der Waals surface area contributed by atoms with Crippen molar-refractivity contribution in [3.05, 3.63) is 25.3 Å². The van der Waals surface area contributed by atoms with E-state index in [1.54, 1.807) is 0 Å². The van der Waals surface area contributed by atoms with Crippen LogP contribution in [0.15, 0.2) is 25.3 Å². The minimum atomic E-state index is -0.431. The maximum absolute atomic E-state index is 12.6. The predicted octanol–water partition coefficient (Wildman–Crippen LogP) is 10.8. The summed E-state index contributed by atoms with van der Waals surface area (Å²) in [4.78, 5) is 12.6. The second-order valence-corrected chi connectivity index (χ2v) is 12.5. The van der Waals surface area contributed by atoms with Crippen LogP contribution >= 0.6 is 0 Å². The normalized spacial score (nSPS) is 24.8. The Morgan fingerprint density at radius 1 is 0.800 bits per heavy atom. The molecule has 2 heteroatoms. The fraction of sp³-hybridized carbons (Fsp3) is 0.848. The molecule has 2 nitrogen and oxygen atoms in total. The summed E-state index contributed by atoms with van der Waals surface area (Å²) in [5, 5.41) is 0. The number of ether oxygens (including phenoxy) is 1. The molecule has 0 spiro atoms. The summed E-state index contributed by atoms with van der Waals surface area (Å²) in [5.74, 6) is 0.325. The molecule has 0 bridgehead atoms. The van der Waals surface area contributed by atoms with Gasteiger partial charge in [-0.3, -0.25) is 4.79 Å². The van der Waals surface area contributed by atoms with Crippen molar-refractivity contribution >= 4 is 5.97 Å². The molecule has 1 fully saturated rings. The van der Waals surface area contributed by atoms with Gasteiger partial charge in [0.2, 0.25) is 0 Å². The van der Waals surface area contributed by atoms with Crippen LogP contribution in [0.5, 0.6) is 0 Å². The molecule has 0 aliphatic heterocycles. The Kier molecular flexibility index (Phi) is 15.2. The van der Waals surface area contributed by atoms with Gasteiger partial charge in [-0.25, -0.2) is 0 Å². The second-order valence-electron chi connectivity index (χ2n) is 12.5. The Morgan fingerprint density at radius 3 is 1.66 bits per heavy atom. The first-order valence-electron chi connectivity index (χ1n) is 15.1. The molecular formula is C33H60O2. The highest BCUT2D eigenvalue weighted by atomic mass is 16.6. The van der Waals surface area contributed by atoms with Gasteiger partial charge < -0.3 is 4.74 Å². The molecule has 0 amide bonds. The Bertz CT molecular complexity index is 606. The SMILES string of the molecule is C=C[C@]1(C)CC[C@@H](C(C)(C)OC(=O)CCCCCCCCCCCCCCCCC)C[C@@]1(C)C=C. The van der Waals surface area contributed by atoms with Gasteiger partial charge in [-0.05, 0) is 56.3 Å². The highest BCUT2D eigenvalue weighted by molar-refractivity contribution is 5.69. The van der Waals surface area contributed by atoms with Gasteiger partial charge in [-0.15, -0.1) is 13.2 Å². The maximum atomic E-state index is 12.6. The van der Waals surface area contributed by atoms with Crippen molar-refractivity contribution in [3.63, 3.8) is 0 Å². The fourth-order valence-electron chi connectivity index (χ4n) is 5.92. The van der Waals surface area contributed by atoms with E-state index in [-0.39, 0.29) is 16.8 Å². The van der Waals surface area contributed by atoms with Crippen molar-refractivity contribution in [2.75, 3.05) is 0 Å². The average molecular weight is 489 g/mol. The maximum Gasteiger partial charge on any atom is 0.306 e. The zero-order chi connectivity index (χ0) is 26.2. The van der Waals surface area contributed by atoms with Gasteiger partial charge >= 0.3 is 5.97 Å². The number of hydrogen-bond acceptors (Lipinski definition) is 2. The topological polar surface area (TPSA) is 26.3 Å². The van der Waals surface area contributed by atoms with Crippen LogP contribution in [0.1, 0.15) is 157 Å². The van der Waals surface area contributed by atoms with E-state index in [4.69, 9.17) is 4.74 Å². The van der Waals surface area contributed by atoms with Crippen LogP contribution in [0.2, 0.25) is 0 Å². The van der Waals surface area contributed by atoms with E-state index in [1.807, 2.05) is 0 Å². The van der Waals surface area contributed by atoms with Gasteiger partial charge in [-0.1, -0.05) is 123 Å². The molecule has 0 aromatic rings. The van der Waals surface area contributed by atoms with Gasteiger partial charge in [0.1, 0.15) is 5.60 Å². The Hall–Kier alpha value is -1.05. The van der Waals surface area contributed by atoms with Crippen molar-refractivity contribution in [1.29, 1.82) is 0 Å². The second kappa shape index (κ2) is 16.6. The van der Waals surface area contributed by atoms with E-state index in [0.717, 1.165) is 32.1 Å². The zero-order valence-corrected chi connectivity index (χ0v) is 24.4. The first-order valence-corrected chi connectivity index (χ1v) is 15.1. The minimum absolute atomic E-state index is 0.0183. The van der Waals surface area contributed by atoms with Crippen LogP contribution in [0.25, 0.3) is 0 Å². The third-order valence-corrected chi connectivity index (χ3v) is 9.23. The molecule has 204 valence electrons. The molecule has 3 atom stereocenters. The number of esters is 1. The number of unbranched alkanes of at least 4 members (excludes halogenated alkanes) is 14. The first kappa shape index (κ1) is 32.0. The van der Waals surface area contributed by atoms with E-state index in [2.05, 4.69) is 59.9 Å². The van der Waals surface area contributed by atoms with Crippen molar-refractivity contribution in [1.82, 2.24) is 0 Å². The summed E-state index contributed by atoms with van der Waals surface area (Å²) in [7, 11) is 0. The smallest absolute Gasteiger partial charge is 0.306 e. The standard InChI is InChI=1S/C33H60O2/c1-8-11-12-13-14-15-16-17-18-19-20-21-22-23-24-25-30(34)35-31(4,5)29-26-27-32(6,9-2)33(7,10-3)28-29/h9-10,29H,2-3,8,11-28H2,1,4-7H3/t29-,32-,33-/m1/s1. The lowest BCUT2D eigenvalue weighted by Crippen LogP contribution is -2.47. The number of carbonyl (C=O) groups excluding carboxylic acids is 1. The summed E-state index contributed by atoms with van der Waals surface area (Å²) in [6.45, 7) is 19.3. The summed E-state index contributed by atoms with van der Waals surface area (Å²) >= 11 is 0. The van der Waals surface area contributed by atoms with Gasteiger partial charge in [0, 0.05) is 6.42 Å². The van der Waals surface area contributed by atoms with E-state index < -0.39 is 5.60 Å². The zero-order valence-electron chi connectivity index (χ0n) is 24.4. The van der Waals surface area contributed by atoms with Crippen LogP contribution in [-0.2, 0) is 9.53 Å². The number of rotatable bonds is 20. The average Bonchev–Trinajstić information content (AvgIpc) is 2.82. The van der Waals surface area contributed by atoms with Crippen LogP contribution in [0.3, 0.4) is 0 Å². The van der Waals surface area contributed by atoms with E-state index in [1.165, 1.54) is 83.5 Å². The summed E-state index contributed by atoms with van der Waals surface area (Å²) in [6.07, 6.45) is 27.9. The third kappa shape index (κ3) is 11.3. The van der Waals surface area contributed by atoms with Crippen molar-refractivity contribution in [3.8, 4) is 0 Å². The van der Waals surface area contributed by atoms with Gasteiger partial charge in [0.05, 0.1) is 0 Å². The molecule has 0 aromatic heterocycles. The van der Waals surface area contributed by atoms with Gasteiger partial charge in [0.15, 0.2) is 0 Å². The Balaban J connectivity index is 2.12.